The topological polar surface area (TPSA) is 46.6 Å². The first-order chi connectivity index (χ1) is 7.52. The molecule has 0 spiro atoms. The lowest BCUT2D eigenvalue weighted by Gasteiger charge is -2.32. The predicted molar refractivity (Wildman–Crippen MR) is 65.3 cm³/mol. The average Bonchev–Trinajstić information content (AvgIpc) is 2.29. The molecular weight excluding hydrogens is 250 g/mol. The number of sulfonamides is 1. The lowest BCUT2D eigenvalue weighted by molar-refractivity contribution is 0.0289. The van der Waals surface area contributed by atoms with Crippen molar-refractivity contribution in [1.82, 2.24) is 4.31 Å². The smallest absolute Gasteiger partial charge is 0.217 e. The van der Waals surface area contributed by atoms with E-state index in [-0.39, 0.29) is 12.0 Å². The van der Waals surface area contributed by atoms with Gasteiger partial charge in [-0.05, 0) is 26.7 Å². The van der Waals surface area contributed by atoms with E-state index in [0.29, 0.717) is 19.7 Å². The Balaban J connectivity index is 2.53. The van der Waals surface area contributed by atoms with Crippen molar-refractivity contribution in [3.8, 4) is 0 Å². The molecule has 0 saturated carbocycles. The Morgan fingerprint density at radius 1 is 1.44 bits per heavy atom. The maximum Gasteiger partial charge on any atom is 0.217 e. The number of alkyl halides is 1. The molecule has 96 valence electrons. The Morgan fingerprint density at radius 3 is 2.44 bits per heavy atom. The fourth-order valence-electron chi connectivity index (χ4n) is 1.82. The van der Waals surface area contributed by atoms with E-state index in [4.69, 9.17) is 16.3 Å². The third kappa shape index (κ3) is 3.32. The van der Waals surface area contributed by atoms with Gasteiger partial charge in [-0.1, -0.05) is 0 Å². The molecule has 0 bridgehead atoms. The molecule has 0 aromatic carbocycles. The minimum Gasteiger partial charge on any atom is -0.378 e. The summed E-state index contributed by atoms with van der Waals surface area (Å²) in [6.45, 7) is 5.40. The Morgan fingerprint density at radius 2 is 2.00 bits per heavy atom. The maximum absolute atomic E-state index is 12.0. The van der Waals surface area contributed by atoms with Crippen molar-refractivity contribution in [2.24, 2.45) is 0 Å². The van der Waals surface area contributed by atoms with Crippen LogP contribution in [-0.2, 0) is 14.8 Å². The highest BCUT2D eigenvalue weighted by Gasteiger charge is 2.31. The molecule has 0 aromatic rings. The number of hydrogen-bond acceptors (Lipinski definition) is 3. The lowest BCUT2D eigenvalue weighted by Crippen LogP contribution is -2.44. The summed E-state index contributed by atoms with van der Waals surface area (Å²) >= 11 is 5.60. The summed E-state index contributed by atoms with van der Waals surface area (Å²) < 4.78 is 31.0. The largest absolute Gasteiger partial charge is 0.378 e. The van der Waals surface area contributed by atoms with Gasteiger partial charge in [-0.25, -0.2) is 12.7 Å². The van der Waals surface area contributed by atoms with Crippen LogP contribution in [0, 0.1) is 0 Å². The number of ether oxygens (including phenoxy) is 1. The molecule has 1 heterocycles. The molecule has 0 radical (unpaired) electrons. The van der Waals surface area contributed by atoms with Gasteiger partial charge in [0, 0.05) is 25.6 Å². The molecular formula is C10H20ClNO3S. The number of nitrogens with zero attached hydrogens (tertiary/aromatic N) is 1. The number of hydrogen-bond donors (Lipinski definition) is 0. The Kier molecular flexibility index (Phi) is 5.50. The third-order valence-corrected chi connectivity index (χ3v) is 5.80. The van der Waals surface area contributed by atoms with Gasteiger partial charge in [-0.3, -0.25) is 0 Å². The van der Waals surface area contributed by atoms with Gasteiger partial charge in [0.1, 0.15) is 0 Å². The fourth-order valence-corrected chi connectivity index (χ4v) is 3.69. The zero-order chi connectivity index (χ0) is 12.2. The van der Waals surface area contributed by atoms with Gasteiger partial charge < -0.3 is 4.74 Å². The quantitative estimate of drug-likeness (QED) is 0.710. The van der Waals surface area contributed by atoms with Gasteiger partial charge in [0.2, 0.25) is 10.0 Å². The Hall–Kier alpha value is 0.160. The summed E-state index contributed by atoms with van der Waals surface area (Å²) in [6.07, 6.45) is 1.77. The van der Waals surface area contributed by atoms with Crippen LogP contribution in [0.5, 0.6) is 0 Å². The van der Waals surface area contributed by atoms with Crippen LogP contribution in [0.4, 0.5) is 0 Å². The minimum absolute atomic E-state index is 0.147. The van der Waals surface area contributed by atoms with Crippen LogP contribution in [0.15, 0.2) is 0 Å². The molecule has 0 amide bonds. The van der Waals surface area contributed by atoms with Crippen LogP contribution in [0.3, 0.4) is 0 Å². The van der Waals surface area contributed by atoms with Crippen LogP contribution < -0.4 is 0 Å². The van der Waals surface area contributed by atoms with Crippen molar-refractivity contribution in [2.45, 2.75) is 38.0 Å². The summed E-state index contributed by atoms with van der Waals surface area (Å²) in [6, 6.07) is 0. The first-order valence-corrected chi connectivity index (χ1v) is 7.72. The second-order valence-electron chi connectivity index (χ2n) is 4.06. The van der Waals surface area contributed by atoms with Crippen LogP contribution in [-0.4, -0.2) is 49.7 Å². The van der Waals surface area contributed by atoms with Crippen LogP contribution in [0.1, 0.15) is 26.7 Å². The number of piperidine rings is 1. The maximum atomic E-state index is 12.0. The zero-order valence-corrected chi connectivity index (χ0v) is 11.4. The molecule has 1 rings (SSSR count). The first-order valence-electron chi connectivity index (χ1n) is 5.68. The van der Waals surface area contributed by atoms with Crippen molar-refractivity contribution in [3.05, 3.63) is 0 Å². The highest BCUT2D eigenvalue weighted by atomic mass is 35.5. The molecule has 0 aliphatic carbocycles. The van der Waals surface area contributed by atoms with E-state index in [0.717, 1.165) is 12.8 Å². The fraction of sp³-hybridized carbons (Fsp3) is 1.00. The Bertz CT molecular complexity index is 299. The molecule has 0 aromatic heterocycles. The Labute approximate surface area is 103 Å². The molecule has 6 heteroatoms. The van der Waals surface area contributed by atoms with E-state index in [9.17, 15) is 8.42 Å². The summed E-state index contributed by atoms with van der Waals surface area (Å²) in [5.41, 5.74) is 0. The van der Waals surface area contributed by atoms with Crippen LogP contribution in [0.2, 0.25) is 0 Å². The SMILES string of the molecule is CCOC1CCN(S(=O)(=O)C(C)CCl)CC1. The van der Waals surface area contributed by atoms with Crippen LogP contribution >= 0.6 is 11.6 Å². The second kappa shape index (κ2) is 6.19. The number of halogens is 1. The zero-order valence-electron chi connectivity index (χ0n) is 9.86. The first kappa shape index (κ1) is 14.2. The van der Waals surface area contributed by atoms with Crippen molar-refractivity contribution in [1.29, 1.82) is 0 Å². The molecule has 4 nitrogen and oxygen atoms in total. The monoisotopic (exact) mass is 269 g/mol. The summed E-state index contributed by atoms with van der Waals surface area (Å²) in [7, 11) is -3.20. The molecule has 1 saturated heterocycles. The molecule has 0 N–H and O–H groups in total. The predicted octanol–water partition coefficient (Wildman–Crippen LogP) is 1.44. The highest BCUT2D eigenvalue weighted by molar-refractivity contribution is 7.89. The van der Waals surface area contributed by atoms with E-state index >= 15 is 0 Å². The second-order valence-corrected chi connectivity index (χ2v) is 6.72. The van der Waals surface area contributed by atoms with Gasteiger partial charge in [0.25, 0.3) is 0 Å². The van der Waals surface area contributed by atoms with E-state index < -0.39 is 15.3 Å². The summed E-state index contributed by atoms with van der Waals surface area (Å²) in [4.78, 5) is 0. The average molecular weight is 270 g/mol. The molecule has 1 unspecified atom stereocenters. The molecule has 1 aliphatic rings. The van der Waals surface area contributed by atoms with E-state index in [1.807, 2.05) is 6.92 Å². The highest BCUT2D eigenvalue weighted by Crippen LogP contribution is 2.19. The molecule has 1 atom stereocenters. The summed E-state index contributed by atoms with van der Waals surface area (Å²) in [5, 5.41) is -0.502. The van der Waals surface area contributed by atoms with Crippen molar-refractivity contribution >= 4 is 21.6 Å². The van der Waals surface area contributed by atoms with Crippen molar-refractivity contribution in [2.75, 3.05) is 25.6 Å². The van der Waals surface area contributed by atoms with Gasteiger partial charge in [-0.15, -0.1) is 11.6 Å². The van der Waals surface area contributed by atoms with Crippen LogP contribution in [0.25, 0.3) is 0 Å². The third-order valence-electron chi connectivity index (χ3n) is 2.89. The standard InChI is InChI=1S/C10H20ClNO3S/c1-3-15-10-4-6-12(7-5-10)16(13,14)9(2)8-11/h9-10H,3-8H2,1-2H3. The van der Waals surface area contributed by atoms with E-state index in [1.165, 1.54) is 4.31 Å². The normalized spacial score (nSPS) is 22.2. The minimum atomic E-state index is -3.20. The molecule has 16 heavy (non-hydrogen) atoms. The number of rotatable bonds is 5. The van der Waals surface area contributed by atoms with Gasteiger partial charge in [-0.2, -0.15) is 0 Å². The summed E-state index contributed by atoms with van der Waals surface area (Å²) in [5.74, 6) is 0.147. The van der Waals surface area contributed by atoms with E-state index in [1.54, 1.807) is 6.92 Å². The molecule has 1 fully saturated rings. The van der Waals surface area contributed by atoms with Crippen molar-refractivity contribution < 1.29 is 13.2 Å². The van der Waals surface area contributed by atoms with Crippen molar-refractivity contribution in [3.63, 3.8) is 0 Å². The van der Waals surface area contributed by atoms with E-state index in [2.05, 4.69) is 0 Å². The van der Waals surface area contributed by atoms with Gasteiger partial charge in [0.15, 0.2) is 0 Å². The molecule has 1 aliphatic heterocycles. The van der Waals surface area contributed by atoms with Gasteiger partial charge >= 0.3 is 0 Å². The van der Waals surface area contributed by atoms with Gasteiger partial charge in [0.05, 0.1) is 11.4 Å². The lowest BCUT2D eigenvalue weighted by atomic mass is 10.1.